The monoisotopic (exact) mass is 549 g/mol. The maximum Gasteiger partial charge on any atom is 0.224 e. The number of phenols is 1. The number of carbonyl (C=O) groups is 2. The second-order valence-corrected chi connectivity index (χ2v) is 11.8. The van der Waals surface area contributed by atoms with Gasteiger partial charge < -0.3 is 21.9 Å². The van der Waals surface area contributed by atoms with E-state index in [2.05, 4.69) is 11.9 Å². The van der Waals surface area contributed by atoms with Gasteiger partial charge in [-0.15, -0.1) is 0 Å². The van der Waals surface area contributed by atoms with E-state index >= 15 is 0 Å². The SMILES string of the molecule is C=C(N)c1ccc(CCC(=O)CNC(=O)[C@@H](CCc2ccc(O)cc2)CS(=O)(=O)Cc2ccc(N)cc2)cc1. The molecule has 0 radical (unpaired) electrons. The highest BCUT2D eigenvalue weighted by molar-refractivity contribution is 7.90. The van der Waals surface area contributed by atoms with Crippen LogP contribution in [-0.2, 0) is 38.0 Å². The molecule has 0 unspecified atom stereocenters. The Labute approximate surface area is 229 Å². The number of nitrogens with two attached hydrogens (primary N) is 2. The number of nitrogens with one attached hydrogen (secondary N) is 1. The van der Waals surface area contributed by atoms with Crippen LogP contribution in [-0.4, -0.2) is 37.5 Å². The summed E-state index contributed by atoms with van der Waals surface area (Å²) in [5.41, 5.74) is 15.6. The van der Waals surface area contributed by atoms with Gasteiger partial charge in [0.15, 0.2) is 15.6 Å². The van der Waals surface area contributed by atoms with Crippen LogP contribution in [0, 0.1) is 5.92 Å². The summed E-state index contributed by atoms with van der Waals surface area (Å²) in [6.07, 6.45) is 1.45. The van der Waals surface area contributed by atoms with Gasteiger partial charge in [0.25, 0.3) is 0 Å². The van der Waals surface area contributed by atoms with Crippen LogP contribution in [0.5, 0.6) is 5.75 Å². The summed E-state index contributed by atoms with van der Waals surface area (Å²) < 4.78 is 26.0. The number of aromatic hydroxyl groups is 1. The molecule has 3 aromatic carbocycles. The molecule has 1 amide bonds. The topological polar surface area (TPSA) is 153 Å². The van der Waals surface area contributed by atoms with Crippen molar-refractivity contribution in [2.24, 2.45) is 11.7 Å². The number of sulfone groups is 1. The maximum absolute atomic E-state index is 13.1. The minimum Gasteiger partial charge on any atom is -0.508 e. The molecule has 8 nitrogen and oxygen atoms in total. The average molecular weight is 550 g/mol. The van der Waals surface area contributed by atoms with E-state index in [0.717, 1.165) is 16.7 Å². The molecule has 1 atom stereocenters. The van der Waals surface area contributed by atoms with Crippen molar-refractivity contribution < 1.29 is 23.1 Å². The third-order valence-corrected chi connectivity index (χ3v) is 8.07. The quantitative estimate of drug-likeness (QED) is 0.225. The summed E-state index contributed by atoms with van der Waals surface area (Å²) >= 11 is 0. The minimum atomic E-state index is -3.64. The first-order valence-corrected chi connectivity index (χ1v) is 14.5. The summed E-state index contributed by atoms with van der Waals surface area (Å²) in [6, 6.07) is 20.5. The number of hydrogen-bond donors (Lipinski definition) is 4. The molecule has 0 spiro atoms. The Morgan fingerprint density at radius 2 is 1.44 bits per heavy atom. The van der Waals surface area contributed by atoms with Gasteiger partial charge >= 0.3 is 0 Å². The van der Waals surface area contributed by atoms with E-state index in [-0.39, 0.29) is 42.4 Å². The highest BCUT2D eigenvalue weighted by Gasteiger charge is 2.26. The summed E-state index contributed by atoms with van der Waals surface area (Å²) in [5, 5.41) is 12.2. The standard InChI is InChI=1S/C30H35N3O5S/c1-21(31)25-10-2-22(3-11-25)9-17-29(35)18-33-30(36)26(12-4-23-7-15-28(34)16-8-23)20-39(37,38)19-24-5-13-27(32)14-6-24/h2-3,5-8,10-11,13-16,26,34H,1,4,9,12,17-20,31-32H2,(H,33,36)/t26-/m0/s1. The zero-order valence-electron chi connectivity index (χ0n) is 21.8. The number of benzene rings is 3. The largest absolute Gasteiger partial charge is 0.508 e. The van der Waals surface area contributed by atoms with Crippen molar-refractivity contribution in [2.45, 2.75) is 31.4 Å². The second kappa shape index (κ2) is 13.6. The Kier molecular flexibility index (Phi) is 10.3. The fraction of sp³-hybridized carbons (Fsp3) is 0.267. The molecule has 0 heterocycles. The first-order valence-electron chi connectivity index (χ1n) is 12.7. The molecular formula is C30H35N3O5S. The van der Waals surface area contributed by atoms with Crippen molar-refractivity contribution in [2.75, 3.05) is 18.0 Å². The highest BCUT2D eigenvalue weighted by Crippen LogP contribution is 2.18. The lowest BCUT2D eigenvalue weighted by Crippen LogP contribution is -2.38. The van der Waals surface area contributed by atoms with Gasteiger partial charge in [-0.2, -0.15) is 0 Å². The Bertz CT molecular complexity index is 1380. The molecule has 0 aliphatic carbocycles. The molecule has 0 aliphatic rings. The third-order valence-electron chi connectivity index (χ3n) is 6.39. The number of phenolic OH excluding ortho intramolecular Hbond substituents is 1. The van der Waals surface area contributed by atoms with Crippen LogP contribution in [0.3, 0.4) is 0 Å². The number of Topliss-reactive ketones (excluding diaryl/α,β-unsaturated/α-hetero) is 1. The first kappa shape index (κ1) is 29.4. The summed E-state index contributed by atoms with van der Waals surface area (Å²) in [4.78, 5) is 25.6. The van der Waals surface area contributed by atoms with Crippen LogP contribution in [0.2, 0.25) is 0 Å². The molecule has 206 valence electrons. The number of aryl methyl sites for hydroxylation is 2. The fourth-order valence-corrected chi connectivity index (χ4v) is 5.86. The number of ketones is 1. The van der Waals surface area contributed by atoms with Crippen molar-refractivity contribution in [1.29, 1.82) is 0 Å². The predicted octanol–water partition coefficient (Wildman–Crippen LogP) is 3.39. The Morgan fingerprint density at radius 1 is 0.872 bits per heavy atom. The molecule has 9 heteroatoms. The number of amides is 1. The van der Waals surface area contributed by atoms with Crippen LogP contribution < -0.4 is 16.8 Å². The lowest BCUT2D eigenvalue weighted by Gasteiger charge is -2.17. The van der Waals surface area contributed by atoms with E-state index in [0.29, 0.717) is 29.8 Å². The number of carbonyl (C=O) groups excluding carboxylic acids is 2. The zero-order chi connectivity index (χ0) is 28.4. The minimum absolute atomic E-state index is 0.124. The highest BCUT2D eigenvalue weighted by atomic mass is 32.2. The van der Waals surface area contributed by atoms with E-state index in [9.17, 15) is 23.1 Å². The van der Waals surface area contributed by atoms with Gasteiger partial charge in [-0.3, -0.25) is 9.59 Å². The Balaban J connectivity index is 1.60. The van der Waals surface area contributed by atoms with Gasteiger partial charge in [-0.05, 0) is 65.8 Å². The fourth-order valence-electron chi connectivity index (χ4n) is 4.11. The smallest absolute Gasteiger partial charge is 0.224 e. The van der Waals surface area contributed by atoms with Crippen molar-refractivity contribution in [3.63, 3.8) is 0 Å². The Morgan fingerprint density at radius 3 is 2.05 bits per heavy atom. The van der Waals surface area contributed by atoms with E-state index in [1.165, 1.54) is 0 Å². The van der Waals surface area contributed by atoms with Gasteiger partial charge in [0.1, 0.15) is 5.75 Å². The van der Waals surface area contributed by atoms with Gasteiger partial charge in [-0.1, -0.05) is 55.1 Å². The molecule has 39 heavy (non-hydrogen) atoms. The van der Waals surface area contributed by atoms with Crippen LogP contribution >= 0.6 is 0 Å². The average Bonchev–Trinajstić information content (AvgIpc) is 2.90. The van der Waals surface area contributed by atoms with E-state index < -0.39 is 21.7 Å². The van der Waals surface area contributed by atoms with E-state index in [4.69, 9.17) is 11.5 Å². The maximum atomic E-state index is 13.1. The second-order valence-electron chi connectivity index (χ2n) is 9.68. The van der Waals surface area contributed by atoms with Gasteiger partial charge in [0.2, 0.25) is 5.91 Å². The van der Waals surface area contributed by atoms with Crippen molar-refractivity contribution >= 4 is 32.9 Å². The molecule has 6 N–H and O–H groups in total. The van der Waals surface area contributed by atoms with Crippen molar-refractivity contribution in [1.82, 2.24) is 5.32 Å². The van der Waals surface area contributed by atoms with Crippen LogP contribution in [0.4, 0.5) is 5.69 Å². The van der Waals surface area contributed by atoms with Gasteiger partial charge in [-0.25, -0.2) is 8.42 Å². The summed E-state index contributed by atoms with van der Waals surface area (Å²) in [5.74, 6) is -1.92. The molecule has 3 aromatic rings. The normalized spacial score (nSPS) is 12.0. The van der Waals surface area contributed by atoms with Crippen molar-refractivity contribution in [3.8, 4) is 5.75 Å². The molecule has 0 aromatic heterocycles. The molecular weight excluding hydrogens is 514 g/mol. The lowest BCUT2D eigenvalue weighted by molar-refractivity contribution is -0.127. The van der Waals surface area contributed by atoms with Crippen LogP contribution in [0.15, 0.2) is 79.4 Å². The number of rotatable bonds is 14. The number of anilines is 1. The Hall–Kier alpha value is -4.11. The van der Waals surface area contributed by atoms with E-state index in [1.54, 1.807) is 48.5 Å². The molecule has 0 bridgehead atoms. The van der Waals surface area contributed by atoms with Crippen LogP contribution in [0.1, 0.15) is 35.1 Å². The molecule has 3 rings (SSSR count). The van der Waals surface area contributed by atoms with Gasteiger partial charge in [0, 0.05) is 17.8 Å². The third kappa shape index (κ3) is 9.94. The summed E-state index contributed by atoms with van der Waals surface area (Å²) in [6.45, 7) is 3.52. The van der Waals surface area contributed by atoms with Crippen molar-refractivity contribution in [3.05, 3.63) is 102 Å². The predicted molar refractivity (Wildman–Crippen MR) is 154 cm³/mol. The number of hydrogen-bond acceptors (Lipinski definition) is 7. The van der Waals surface area contributed by atoms with Crippen LogP contribution in [0.25, 0.3) is 5.70 Å². The zero-order valence-corrected chi connectivity index (χ0v) is 22.6. The molecule has 0 fully saturated rings. The van der Waals surface area contributed by atoms with Gasteiger partial charge in [0.05, 0.1) is 24.0 Å². The van der Waals surface area contributed by atoms with E-state index in [1.807, 2.05) is 24.3 Å². The molecule has 0 aliphatic heterocycles. The lowest BCUT2D eigenvalue weighted by atomic mass is 10.00. The summed E-state index contributed by atoms with van der Waals surface area (Å²) in [7, 11) is -3.64. The molecule has 0 saturated carbocycles. The first-order chi connectivity index (χ1) is 18.5. The number of nitrogen functional groups attached to an aromatic ring is 1. The molecule has 0 saturated heterocycles.